The Bertz CT molecular complexity index is 261. The lowest BCUT2D eigenvalue weighted by molar-refractivity contribution is 0.475. The molecule has 4 heteroatoms. The van der Waals surface area contributed by atoms with Crippen LogP contribution in [0.1, 0.15) is 5.56 Å². The molecule has 0 atom stereocenters. The van der Waals surface area contributed by atoms with E-state index in [0.29, 0.717) is 12.3 Å². The molecule has 15 heavy (non-hydrogen) atoms. The summed E-state index contributed by atoms with van der Waals surface area (Å²) >= 11 is 0. The average molecular weight is 209 g/mol. The Morgan fingerprint density at radius 2 is 1.67 bits per heavy atom. The van der Waals surface area contributed by atoms with Gasteiger partial charge in [0.25, 0.3) is 0 Å². The van der Waals surface area contributed by atoms with Crippen molar-refractivity contribution in [2.45, 2.75) is 6.54 Å². The molecule has 5 N–H and O–H groups in total. The second-order valence-corrected chi connectivity index (χ2v) is 3.38. The maximum atomic E-state index is 9.08. The third-order valence-corrected chi connectivity index (χ3v) is 2.07. The van der Waals surface area contributed by atoms with Gasteiger partial charge in [-0.1, -0.05) is 12.1 Å². The molecule has 4 nitrogen and oxygen atoms in total. The number of hydrogen-bond donors (Lipinski definition) is 4. The molecule has 0 fully saturated rings. The summed E-state index contributed by atoms with van der Waals surface area (Å²) in [6.07, 6.45) is 0. The van der Waals surface area contributed by atoms with Crippen molar-refractivity contribution in [3.8, 4) is 5.75 Å². The predicted octanol–water partition coefficient (Wildman–Crippen LogP) is 0.0301. The summed E-state index contributed by atoms with van der Waals surface area (Å²) in [4.78, 5) is 0. The molecule has 0 saturated heterocycles. The Hall–Kier alpha value is -1.10. The number of aromatic hydroxyl groups is 1. The van der Waals surface area contributed by atoms with E-state index in [9.17, 15) is 0 Å². The molecule has 0 aromatic heterocycles. The van der Waals surface area contributed by atoms with Crippen LogP contribution >= 0.6 is 0 Å². The van der Waals surface area contributed by atoms with Gasteiger partial charge in [0, 0.05) is 32.7 Å². The van der Waals surface area contributed by atoms with Crippen molar-refractivity contribution in [2.24, 2.45) is 5.73 Å². The highest BCUT2D eigenvalue weighted by Crippen LogP contribution is 2.08. The topological polar surface area (TPSA) is 70.3 Å². The highest BCUT2D eigenvalue weighted by atomic mass is 16.3. The number of benzene rings is 1. The highest BCUT2D eigenvalue weighted by Gasteiger charge is 1.92. The number of nitrogens with one attached hydrogen (secondary N) is 2. The Labute approximate surface area is 90.5 Å². The van der Waals surface area contributed by atoms with E-state index in [4.69, 9.17) is 10.8 Å². The molecule has 0 saturated carbocycles. The van der Waals surface area contributed by atoms with E-state index in [1.807, 2.05) is 12.1 Å². The van der Waals surface area contributed by atoms with Crippen molar-refractivity contribution in [2.75, 3.05) is 26.2 Å². The van der Waals surface area contributed by atoms with Crippen LogP contribution in [-0.2, 0) is 6.54 Å². The molecule has 0 aliphatic rings. The minimum atomic E-state index is 0.309. The van der Waals surface area contributed by atoms with E-state index in [0.717, 1.165) is 26.2 Å². The maximum absolute atomic E-state index is 9.08. The molecule has 0 aliphatic carbocycles. The molecular weight excluding hydrogens is 190 g/mol. The highest BCUT2D eigenvalue weighted by molar-refractivity contribution is 5.25. The first-order chi connectivity index (χ1) is 7.33. The molecule has 0 heterocycles. The Kier molecular flexibility index (Phi) is 5.77. The number of rotatable bonds is 7. The largest absolute Gasteiger partial charge is 0.508 e. The predicted molar refractivity (Wildman–Crippen MR) is 61.7 cm³/mol. The van der Waals surface area contributed by atoms with Crippen molar-refractivity contribution in [1.82, 2.24) is 10.6 Å². The van der Waals surface area contributed by atoms with Crippen LogP contribution in [0.4, 0.5) is 0 Å². The van der Waals surface area contributed by atoms with E-state index in [1.165, 1.54) is 5.56 Å². The lowest BCUT2D eigenvalue weighted by Crippen LogP contribution is -2.30. The molecule has 0 aliphatic heterocycles. The second kappa shape index (κ2) is 7.23. The van der Waals surface area contributed by atoms with Crippen LogP contribution in [0.25, 0.3) is 0 Å². The first-order valence-corrected chi connectivity index (χ1v) is 5.22. The van der Waals surface area contributed by atoms with Crippen LogP contribution < -0.4 is 16.4 Å². The number of phenols is 1. The standard InChI is InChI=1S/C11H19N3O/c12-5-6-13-7-8-14-9-10-1-3-11(15)4-2-10/h1-4,13-15H,5-9,12H2. The van der Waals surface area contributed by atoms with Gasteiger partial charge >= 0.3 is 0 Å². The van der Waals surface area contributed by atoms with Gasteiger partial charge in [-0.05, 0) is 17.7 Å². The third kappa shape index (κ3) is 5.37. The summed E-state index contributed by atoms with van der Waals surface area (Å²) in [5.41, 5.74) is 6.51. The lowest BCUT2D eigenvalue weighted by atomic mass is 10.2. The molecule has 1 rings (SSSR count). The average Bonchev–Trinajstić information content (AvgIpc) is 2.26. The summed E-state index contributed by atoms with van der Waals surface area (Å²) in [5.74, 6) is 0.309. The van der Waals surface area contributed by atoms with Crippen molar-refractivity contribution in [1.29, 1.82) is 0 Å². The van der Waals surface area contributed by atoms with E-state index >= 15 is 0 Å². The van der Waals surface area contributed by atoms with Crippen LogP contribution in [0.3, 0.4) is 0 Å². The van der Waals surface area contributed by atoms with Gasteiger partial charge in [-0.25, -0.2) is 0 Å². The van der Waals surface area contributed by atoms with E-state index in [-0.39, 0.29) is 0 Å². The minimum absolute atomic E-state index is 0.309. The summed E-state index contributed by atoms with van der Waals surface area (Å²) in [6, 6.07) is 7.22. The van der Waals surface area contributed by atoms with E-state index in [1.54, 1.807) is 12.1 Å². The molecule has 0 unspecified atom stereocenters. The van der Waals surface area contributed by atoms with Crippen molar-refractivity contribution in [3.63, 3.8) is 0 Å². The van der Waals surface area contributed by atoms with E-state index in [2.05, 4.69) is 10.6 Å². The van der Waals surface area contributed by atoms with Gasteiger partial charge in [0.1, 0.15) is 5.75 Å². The van der Waals surface area contributed by atoms with Crippen LogP contribution in [0.2, 0.25) is 0 Å². The minimum Gasteiger partial charge on any atom is -0.508 e. The zero-order valence-electron chi connectivity index (χ0n) is 8.87. The lowest BCUT2D eigenvalue weighted by Gasteiger charge is -2.05. The quantitative estimate of drug-likeness (QED) is 0.478. The molecule has 0 amide bonds. The smallest absolute Gasteiger partial charge is 0.115 e. The molecule has 0 radical (unpaired) electrons. The zero-order chi connectivity index (χ0) is 10.9. The van der Waals surface area contributed by atoms with Crippen LogP contribution in [0.15, 0.2) is 24.3 Å². The Morgan fingerprint density at radius 1 is 1.00 bits per heavy atom. The SMILES string of the molecule is NCCNCCNCc1ccc(O)cc1. The number of phenolic OH excluding ortho intramolecular Hbond substituents is 1. The van der Waals surface area contributed by atoms with Gasteiger partial charge in [0.15, 0.2) is 0 Å². The molecule has 1 aromatic carbocycles. The zero-order valence-corrected chi connectivity index (χ0v) is 8.87. The molecule has 0 spiro atoms. The first kappa shape index (κ1) is 12.0. The third-order valence-electron chi connectivity index (χ3n) is 2.07. The van der Waals surface area contributed by atoms with Crippen LogP contribution in [0.5, 0.6) is 5.75 Å². The number of hydrogen-bond acceptors (Lipinski definition) is 4. The fraction of sp³-hybridized carbons (Fsp3) is 0.455. The summed E-state index contributed by atoms with van der Waals surface area (Å²) in [5, 5.41) is 15.6. The van der Waals surface area contributed by atoms with Gasteiger partial charge in [0.2, 0.25) is 0 Å². The van der Waals surface area contributed by atoms with Crippen LogP contribution in [0, 0.1) is 0 Å². The van der Waals surface area contributed by atoms with Gasteiger partial charge in [-0.3, -0.25) is 0 Å². The van der Waals surface area contributed by atoms with Crippen molar-refractivity contribution in [3.05, 3.63) is 29.8 Å². The van der Waals surface area contributed by atoms with Gasteiger partial charge < -0.3 is 21.5 Å². The van der Waals surface area contributed by atoms with E-state index < -0.39 is 0 Å². The summed E-state index contributed by atoms with van der Waals surface area (Å²) in [6.45, 7) is 4.21. The Morgan fingerprint density at radius 3 is 2.33 bits per heavy atom. The molecule has 0 bridgehead atoms. The monoisotopic (exact) mass is 209 g/mol. The fourth-order valence-electron chi connectivity index (χ4n) is 1.25. The summed E-state index contributed by atoms with van der Waals surface area (Å²) < 4.78 is 0. The second-order valence-electron chi connectivity index (χ2n) is 3.38. The van der Waals surface area contributed by atoms with Gasteiger partial charge in [-0.15, -0.1) is 0 Å². The van der Waals surface area contributed by atoms with Crippen molar-refractivity contribution < 1.29 is 5.11 Å². The van der Waals surface area contributed by atoms with Gasteiger partial charge in [0.05, 0.1) is 0 Å². The molecular formula is C11H19N3O. The van der Waals surface area contributed by atoms with Crippen LogP contribution in [-0.4, -0.2) is 31.3 Å². The maximum Gasteiger partial charge on any atom is 0.115 e. The van der Waals surface area contributed by atoms with Gasteiger partial charge in [-0.2, -0.15) is 0 Å². The summed E-state index contributed by atoms with van der Waals surface area (Å²) in [7, 11) is 0. The first-order valence-electron chi connectivity index (χ1n) is 5.22. The molecule has 84 valence electrons. The van der Waals surface area contributed by atoms with Crippen molar-refractivity contribution >= 4 is 0 Å². The number of nitrogens with two attached hydrogens (primary N) is 1. The fourth-order valence-corrected chi connectivity index (χ4v) is 1.25. The normalized spacial score (nSPS) is 10.5. The molecule has 1 aromatic rings. The Balaban J connectivity index is 2.07.